The Labute approximate surface area is 114 Å². The predicted octanol–water partition coefficient (Wildman–Crippen LogP) is 2.80. The van der Waals surface area contributed by atoms with Gasteiger partial charge in [0.2, 0.25) is 0 Å². The van der Waals surface area contributed by atoms with Crippen LogP contribution in [-0.2, 0) is 17.9 Å². The average Bonchev–Trinajstić information content (AvgIpc) is 2.80. The van der Waals surface area contributed by atoms with Crippen LogP contribution in [0.5, 0.6) is 0 Å². The van der Waals surface area contributed by atoms with Crippen molar-refractivity contribution in [3.8, 4) is 11.5 Å². The van der Waals surface area contributed by atoms with E-state index in [1.54, 1.807) is 0 Å². The summed E-state index contributed by atoms with van der Waals surface area (Å²) in [6.45, 7) is 12.8. The number of H-pyrrole nitrogens is 1. The molecular weight excluding hydrogens is 238 g/mol. The molecule has 0 aliphatic carbocycles. The molecule has 0 saturated carbocycles. The largest absolute Gasteiger partial charge is 0.264 e. The SMILES string of the molecule is Cn1nc(C(C)(C)C)cc1-c1n[nH]c(C(C)(C)C)n1. The van der Waals surface area contributed by atoms with Crippen LogP contribution in [0.3, 0.4) is 0 Å². The van der Waals surface area contributed by atoms with Gasteiger partial charge in [0, 0.05) is 17.9 Å². The molecule has 0 aromatic carbocycles. The van der Waals surface area contributed by atoms with Crippen LogP contribution < -0.4 is 0 Å². The highest BCUT2D eigenvalue weighted by atomic mass is 15.3. The van der Waals surface area contributed by atoms with Gasteiger partial charge < -0.3 is 0 Å². The number of hydrogen-bond acceptors (Lipinski definition) is 3. The first-order valence-electron chi connectivity index (χ1n) is 6.57. The summed E-state index contributed by atoms with van der Waals surface area (Å²) >= 11 is 0. The fourth-order valence-corrected chi connectivity index (χ4v) is 1.75. The van der Waals surface area contributed by atoms with Gasteiger partial charge in [-0.15, -0.1) is 0 Å². The van der Waals surface area contributed by atoms with Crippen molar-refractivity contribution in [2.75, 3.05) is 0 Å². The number of aromatic nitrogens is 5. The zero-order chi connectivity index (χ0) is 14.4. The Morgan fingerprint density at radius 3 is 2.11 bits per heavy atom. The molecule has 0 aliphatic rings. The second-order valence-electron chi connectivity index (χ2n) is 7.05. The molecule has 0 amide bonds. The third-order valence-electron chi connectivity index (χ3n) is 3.07. The third-order valence-corrected chi connectivity index (χ3v) is 3.07. The van der Waals surface area contributed by atoms with Crippen LogP contribution in [0.4, 0.5) is 0 Å². The summed E-state index contributed by atoms with van der Waals surface area (Å²) in [5.74, 6) is 1.59. The lowest BCUT2D eigenvalue weighted by Crippen LogP contribution is -2.13. The molecule has 0 fully saturated rings. The number of aryl methyl sites for hydroxylation is 1. The molecule has 0 spiro atoms. The number of hydrogen-bond donors (Lipinski definition) is 1. The standard InChI is InChI=1S/C14H23N5/c1-13(2,3)10-8-9(19(7)18-10)11-15-12(17-16-11)14(4,5)6/h8H,1-7H3,(H,15,16,17). The van der Waals surface area contributed by atoms with Crippen molar-refractivity contribution in [3.63, 3.8) is 0 Å². The fourth-order valence-electron chi connectivity index (χ4n) is 1.75. The highest BCUT2D eigenvalue weighted by Crippen LogP contribution is 2.26. The van der Waals surface area contributed by atoms with Crippen LogP contribution in [0.2, 0.25) is 0 Å². The van der Waals surface area contributed by atoms with Gasteiger partial charge in [-0.05, 0) is 6.07 Å². The second-order valence-corrected chi connectivity index (χ2v) is 7.05. The molecule has 2 heterocycles. The Bertz CT molecular complexity index is 578. The summed E-state index contributed by atoms with van der Waals surface area (Å²) in [6.07, 6.45) is 0. The number of nitrogens with zero attached hydrogens (tertiary/aromatic N) is 4. The number of rotatable bonds is 1. The summed E-state index contributed by atoms with van der Waals surface area (Å²) in [5.41, 5.74) is 1.99. The first-order chi connectivity index (χ1) is 8.59. The van der Waals surface area contributed by atoms with E-state index in [9.17, 15) is 0 Å². The van der Waals surface area contributed by atoms with Crippen LogP contribution >= 0.6 is 0 Å². The van der Waals surface area contributed by atoms with Crippen molar-refractivity contribution >= 4 is 0 Å². The smallest absolute Gasteiger partial charge is 0.199 e. The van der Waals surface area contributed by atoms with Crippen molar-refractivity contribution in [1.82, 2.24) is 25.0 Å². The van der Waals surface area contributed by atoms with Crippen LogP contribution in [0.25, 0.3) is 11.5 Å². The summed E-state index contributed by atoms with van der Waals surface area (Å²) in [5, 5.41) is 11.9. The van der Waals surface area contributed by atoms with Crippen molar-refractivity contribution in [1.29, 1.82) is 0 Å². The minimum Gasteiger partial charge on any atom is -0.264 e. The quantitative estimate of drug-likeness (QED) is 0.858. The van der Waals surface area contributed by atoms with E-state index >= 15 is 0 Å². The summed E-state index contributed by atoms with van der Waals surface area (Å²) in [7, 11) is 1.93. The van der Waals surface area contributed by atoms with Gasteiger partial charge in [-0.3, -0.25) is 9.78 Å². The Balaban J connectivity index is 2.43. The molecule has 2 rings (SSSR count). The molecule has 2 aromatic heterocycles. The van der Waals surface area contributed by atoms with Gasteiger partial charge in [0.15, 0.2) is 5.82 Å². The van der Waals surface area contributed by atoms with Gasteiger partial charge in [-0.2, -0.15) is 10.2 Å². The van der Waals surface area contributed by atoms with Gasteiger partial charge in [0.05, 0.1) is 5.69 Å². The maximum absolute atomic E-state index is 4.58. The summed E-state index contributed by atoms with van der Waals surface area (Å²) < 4.78 is 1.84. The van der Waals surface area contributed by atoms with E-state index in [0.29, 0.717) is 5.82 Å². The van der Waals surface area contributed by atoms with E-state index < -0.39 is 0 Å². The van der Waals surface area contributed by atoms with Crippen molar-refractivity contribution in [2.45, 2.75) is 52.4 Å². The van der Waals surface area contributed by atoms with Crippen molar-refractivity contribution in [3.05, 3.63) is 17.6 Å². The monoisotopic (exact) mass is 261 g/mol. The van der Waals surface area contributed by atoms with E-state index in [-0.39, 0.29) is 10.8 Å². The molecule has 0 aliphatic heterocycles. The Morgan fingerprint density at radius 2 is 1.68 bits per heavy atom. The molecule has 104 valence electrons. The van der Waals surface area contributed by atoms with Gasteiger partial charge >= 0.3 is 0 Å². The third kappa shape index (κ3) is 2.69. The average molecular weight is 261 g/mol. The van der Waals surface area contributed by atoms with E-state index in [0.717, 1.165) is 17.2 Å². The maximum atomic E-state index is 4.58. The lowest BCUT2D eigenvalue weighted by atomic mass is 9.92. The first kappa shape index (κ1) is 13.8. The number of nitrogens with one attached hydrogen (secondary N) is 1. The van der Waals surface area contributed by atoms with Crippen LogP contribution in [-0.4, -0.2) is 25.0 Å². The molecule has 1 N–H and O–H groups in total. The molecule has 0 saturated heterocycles. The molecule has 19 heavy (non-hydrogen) atoms. The van der Waals surface area contributed by atoms with E-state index in [1.807, 2.05) is 11.7 Å². The minimum absolute atomic E-state index is 0.0270. The Morgan fingerprint density at radius 1 is 1.05 bits per heavy atom. The van der Waals surface area contributed by atoms with Crippen molar-refractivity contribution < 1.29 is 0 Å². The number of aromatic amines is 1. The molecule has 0 bridgehead atoms. The Kier molecular flexibility index (Phi) is 3.03. The topological polar surface area (TPSA) is 59.4 Å². The normalized spacial score (nSPS) is 13.0. The molecular formula is C14H23N5. The van der Waals surface area contributed by atoms with E-state index in [1.165, 1.54) is 0 Å². The zero-order valence-corrected chi connectivity index (χ0v) is 12.9. The van der Waals surface area contributed by atoms with Crippen LogP contribution in [0.1, 0.15) is 53.1 Å². The van der Waals surface area contributed by atoms with E-state index in [4.69, 9.17) is 0 Å². The fraction of sp³-hybridized carbons (Fsp3) is 0.643. The lowest BCUT2D eigenvalue weighted by Gasteiger charge is -2.13. The maximum Gasteiger partial charge on any atom is 0.199 e. The summed E-state index contributed by atoms with van der Waals surface area (Å²) in [6, 6.07) is 2.07. The van der Waals surface area contributed by atoms with Gasteiger partial charge in [0.25, 0.3) is 0 Å². The van der Waals surface area contributed by atoms with Crippen molar-refractivity contribution in [2.24, 2.45) is 7.05 Å². The zero-order valence-electron chi connectivity index (χ0n) is 12.9. The lowest BCUT2D eigenvalue weighted by molar-refractivity contribution is 0.548. The highest BCUT2D eigenvalue weighted by Gasteiger charge is 2.23. The minimum atomic E-state index is -0.0311. The molecule has 5 heteroatoms. The van der Waals surface area contributed by atoms with Gasteiger partial charge in [0.1, 0.15) is 11.5 Å². The van der Waals surface area contributed by atoms with Crippen LogP contribution in [0, 0.1) is 0 Å². The highest BCUT2D eigenvalue weighted by molar-refractivity contribution is 5.50. The summed E-state index contributed by atoms with van der Waals surface area (Å²) in [4.78, 5) is 4.58. The predicted molar refractivity (Wildman–Crippen MR) is 76.0 cm³/mol. The second kappa shape index (κ2) is 4.18. The molecule has 2 aromatic rings. The molecule has 5 nitrogen and oxygen atoms in total. The first-order valence-corrected chi connectivity index (χ1v) is 6.57. The van der Waals surface area contributed by atoms with Gasteiger partial charge in [-0.25, -0.2) is 4.98 Å². The van der Waals surface area contributed by atoms with Gasteiger partial charge in [-0.1, -0.05) is 41.5 Å². The van der Waals surface area contributed by atoms with Crippen LogP contribution in [0.15, 0.2) is 6.07 Å². The molecule has 0 unspecified atom stereocenters. The molecule has 0 radical (unpaired) electrons. The molecule has 0 atom stereocenters. The Hall–Kier alpha value is -1.65. The van der Waals surface area contributed by atoms with E-state index in [2.05, 4.69) is 67.9 Å².